The second-order valence-electron chi connectivity index (χ2n) is 6.25. The SMILES string of the molecule is Cc1c(O)c2ccccc2c2c1sc(NCCCN(C)C)[n+]2C.Cl.[Cl-]. The minimum absolute atomic E-state index is 0. The molecule has 2 aromatic carbocycles. The Kier molecular flexibility index (Phi) is 7.75. The summed E-state index contributed by atoms with van der Waals surface area (Å²) in [5.74, 6) is 0.397. The van der Waals surface area contributed by atoms with Crippen LogP contribution in [0.3, 0.4) is 0 Å². The lowest BCUT2D eigenvalue weighted by Gasteiger charge is -2.07. The molecule has 0 unspecified atom stereocenters. The first kappa shape index (κ1) is 21.8. The average Bonchev–Trinajstić information content (AvgIpc) is 2.86. The fraction of sp³-hybridized carbons (Fsp3) is 0.389. The van der Waals surface area contributed by atoms with Crippen LogP contribution >= 0.6 is 23.7 Å². The third-order valence-electron chi connectivity index (χ3n) is 4.25. The van der Waals surface area contributed by atoms with E-state index in [1.54, 1.807) is 11.3 Å². The highest BCUT2D eigenvalue weighted by atomic mass is 35.5. The van der Waals surface area contributed by atoms with Gasteiger partial charge in [0, 0.05) is 22.9 Å². The fourth-order valence-corrected chi connectivity index (χ4v) is 4.16. The first-order chi connectivity index (χ1) is 11.0. The van der Waals surface area contributed by atoms with Crippen LogP contribution in [-0.2, 0) is 7.05 Å². The molecule has 0 aliphatic carbocycles. The normalized spacial score (nSPS) is 10.8. The van der Waals surface area contributed by atoms with Gasteiger partial charge >= 0.3 is 5.13 Å². The van der Waals surface area contributed by atoms with Gasteiger partial charge in [-0.05, 0) is 44.8 Å². The quantitative estimate of drug-likeness (QED) is 0.487. The lowest BCUT2D eigenvalue weighted by Crippen LogP contribution is -3.00. The molecule has 2 N–H and O–H groups in total. The second-order valence-corrected chi connectivity index (χ2v) is 7.25. The van der Waals surface area contributed by atoms with E-state index in [4.69, 9.17) is 0 Å². The Labute approximate surface area is 165 Å². The summed E-state index contributed by atoms with van der Waals surface area (Å²) in [5.41, 5.74) is 2.15. The number of halogens is 2. The van der Waals surface area contributed by atoms with Crippen molar-refractivity contribution in [1.29, 1.82) is 0 Å². The average molecular weight is 402 g/mol. The minimum Gasteiger partial charge on any atom is -1.00 e. The smallest absolute Gasteiger partial charge is 0.334 e. The van der Waals surface area contributed by atoms with Crippen molar-refractivity contribution in [3.63, 3.8) is 0 Å². The number of fused-ring (bicyclic) bond motifs is 3. The molecule has 0 amide bonds. The van der Waals surface area contributed by atoms with Crippen LogP contribution in [0.1, 0.15) is 12.0 Å². The van der Waals surface area contributed by atoms with Gasteiger partial charge in [-0.2, -0.15) is 0 Å². The van der Waals surface area contributed by atoms with Gasteiger partial charge in [0.1, 0.15) is 5.75 Å². The number of hydrogen-bond donors (Lipinski definition) is 2. The van der Waals surface area contributed by atoms with Gasteiger partial charge in [0.05, 0.1) is 18.3 Å². The zero-order valence-corrected chi connectivity index (χ0v) is 17.4. The van der Waals surface area contributed by atoms with Crippen LogP contribution in [0, 0.1) is 6.92 Å². The van der Waals surface area contributed by atoms with Gasteiger partial charge in [-0.1, -0.05) is 18.2 Å². The number of thiazole rings is 1. The van der Waals surface area contributed by atoms with E-state index >= 15 is 0 Å². The Bertz CT molecular complexity index is 865. The lowest BCUT2D eigenvalue weighted by atomic mass is 10.0. The molecule has 0 spiro atoms. The summed E-state index contributed by atoms with van der Waals surface area (Å²) < 4.78 is 3.36. The van der Waals surface area contributed by atoms with Crippen molar-refractivity contribution in [1.82, 2.24) is 4.90 Å². The topological polar surface area (TPSA) is 39.4 Å². The van der Waals surface area contributed by atoms with Crippen molar-refractivity contribution in [3.8, 4) is 5.75 Å². The van der Waals surface area contributed by atoms with E-state index in [2.05, 4.69) is 42.0 Å². The van der Waals surface area contributed by atoms with Crippen molar-refractivity contribution in [2.24, 2.45) is 7.05 Å². The highest BCUT2D eigenvalue weighted by molar-refractivity contribution is 7.22. The largest absolute Gasteiger partial charge is 1.00 e. The van der Waals surface area contributed by atoms with Crippen LogP contribution in [0.25, 0.3) is 21.0 Å². The van der Waals surface area contributed by atoms with E-state index < -0.39 is 0 Å². The highest BCUT2D eigenvalue weighted by Crippen LogP contribution is 2.39. The molecule has 0 radical (unpaired) electrons. The van der Waals surface area contributed by atoms with Crippen LogP contribution in [0.4, 0.5) is 5.13 Å². The second kappa shape index (κ2) is 8.90. The Morgan fingerprint density at radius 2 is 1.84 bits per heavy atom. The number of anilines is 1. The molecule has 4 nitrogen and oxygen atoms in total. The summed E-state index contributed by atoms with van der Waals surface area (Å²) in [6.07, 6.45) is 1.10. The third-order valence-corrected chi connectivity index (χ3v) is 5.56. The molecule has 1 heterocycles. The molecule has 0 atom stereocenters. The molecule has 0 aliphatic rings. The van der Waals surface area contributed by atoms with Gasteiger partial charge in [-0.3, -0.25) is 5.32 Å². The van der Waals surface area contributed by atoms with Gasteiger partial charge in [0.2, 0.25) is 0 Å². The summed E-state index contributed by atoms with van der Waals surface area (Å²) in [7, 11) is 6.28. The molecule has 138 valence electrons. The van der Waals surface area contributed by atoms with Crippen molar-refractivity contribution in [2.75, 3.05) is 32.5 Å². The molecule has 0 bridgehead atoms. The Morgan fingerprint density at radius 3 is 2.48 bits per heavy atom. The monoisotopic (exact) mass is 401 g/mol. The molecule has 0 saturated heterocycles. The van der Waals surface area contributed by atoms with Crippen LogP contribution in [0.15, 0.2) is 24.3 Å². The zero-order chi connectivity index (χ0) is 16.6. The van der Waals surface area contributed by atoms with Crippen molar-refractivity contribution in [2.45, 2.75) is 13.3 Å². The van der Waals surface area contributed by atoms with Gasteiger partial charge in [0.25, 0.3) is 0 Å². The van der Waals surface area contributed by atoms with Gasteiger partial charge in [0.15, 0.2) is 5.52 Å². The zero-order valence-electron chi connectivity index (χ0n) is 15.0. The molecular formula is C18H25Cl2N3OS. The first-order valence-corrected chi connectivity index (χ1v) is 8.73. The van der Waals surface area contributed by atoms with E-state index in [1.807, 2.05) is 25.1 Å². The molecule has 0 aliphatic heterocycles. The molecule has 3 aromatic rings. The molecule has 7 heteroatoms. The van der Waals surface area contributed by atoms with Crippen molar-refractivity contribution >= 4 is 49.9 Å². The molecule has 0 saturated carbocycles. The molecule has 0 fully saturated rings. The van der Waals surface area contributed by atoms with Crippen molar-refractivity contribution < 1.29 is 22.1 Å². The summed E-state index contributed by atoms with van der Waals surface area (Å²) in [4.78, 5) is 2.20. The summed E-state index contributed by atoms with van der Waals surface area (Å²) in [5, 5.41) is 17.2. The van der Waals surface area contributed by atoms with Gasteiger partial charge in [-0.25, -0.2) is 4.57 Å². The van der Waals surface area contributed by atoms with Gasteiger partial charge in [-0.15, -0.1) is 12.4 Å². The fourth-order valence-electron chi connectivity index (χ4n) is 2.98. The number of rotatable bonds is 5. The van der Waals surface area contributed by atoms with E-state index in [0.29, 0.717) is 5.75 Å². The summed E-state index contributed by atoms with van der Waals surface area (Å²) in [6, 6.07) is 8.07. The van der Waals surface area contributed by atoms with E-state index in [1.165, 1.54) is 5.52 Å². The number of aromatic nitrogens is 1. The Balaban J connectivity index is 0.00000156. The van der Waals surface area contributed by atoms with Crippen LogP contribution < -0.4 is 22.3 Å². The van der Waals surface area contributed by atoms with Crippen LogP contribution in [0.5, 0.6) is 5.75 Å². The van der Waals surface area contributed by atoms with Crippen LogP contribution in [0.2, 0.25) is 0 Å². The standard InChI is InChI=1S/C18H23N3OS.2ClH/c1-12-16(22)14-9-6-5-8-13(14)15-17(12)23-18(21(15)4)19-10-7-11-20(2)3;;/h5-6,8-9,22H,7,10-11H2,1-4H3;2*1H. The van der Waals surface area contributed by atoms with E-state index in [9.17, 15) is 5.11 Å². The maximum absolute atomic E-state index is 10.5. The number of hydrogen-bond acceptors (Lipinski definition) is 4. The minimum atomic E-state index is 0. The van der Waals surface area contributed by atoms with Crippen LogP contribution in [-0.4, -0.2) is 37.2 Å². The predicted molar refractivity (Wildman–Crippen MR) is 106 cm³/mol. The van der Waals surface area contributed by atoms with E-state index in [0.717, 1.165) is 45.7 Å². The molecule has 25 heavy (non-hydrogen) atoms. The molecular weight excluding hydrogens is 377 g/mol. The number of phenols is 1. The molecule has 1 aromatic heterocycles. The Morgan fingerprint density at radius 1 is 1.20 bits per heavy atom. The maximum atomic E-state index is 10.5. The number of nitrogens with one attached hydrogen (secondary N) is 1. The summed E-state index contributed by atoms with van der Waals surface area (Å²) >= 11 is 1.72. The molecule has 3 rings (SSSR count). The third kappa shape index (κ3) is 4.11. The van der Waals surface area contributed by atoms with E-state index in [-0.39, 0.29) is 24.8 Å². The Hall–Kier alpha value is -1.27. The number of nitrogens with zero attached hydrogens (tertiary/aromatic N) is 2. The number of aromatic hydroxyl groups is 1. The predicted octanol–water partition coefficient (Wildman–Crippen LogP) is 0.682. The maximum Gasteiger partial charge on any atom is 0.334 e. The summed E-state index contributed by atoms with van der Waals surface area (Å²) in [6.45, 7) is 4.02. The number of phenolic OH excluding ortho intramolecular Hbond substituents is 1. The first-order valence-electron chi connectivity index (χ1n) is 7.92. The number of benzene rings is 2. The number of aryl methyl sites for hydroxylation is 2. The highest BCUT2D eigenvalue weighted by Gasteiger charge is 2.21. The van der Waals surface area contributed by atoms with Gasteiger partial charge < -0.3 is 22.4 Å². The van der Waals surface area contributed by atoms with Crippen molar-refractivity contribution in [3.05, 3.63) is 29.8 Å². The lowest BCUT2D eigenvalue weighted by molar-refractivity contribution is -0.625.